The highest BCUT2D eigenvalue weighted by Crippen LogP contribution is 2.23. The number of nitrogens with two attached hydrogens (primary N) is 1. The lowest BCUT2D eigenvalue weighted by molar-refractivity contribution is 0.0957. The van der Waals surface area contributed by atoms with Gasteiger partial charge < -0.3 is 5.73 Å². The summed E-state index contributed by atoms with van der Waals surface area (Å²) in [6.45, 7) is 0.517. The summed E-state index contributed by atoms with van der Waals surface area (Å²) in [5, 5.41) is 0. The lowest BCUT2D eigenvalue weighted by Crippen LogP contribution is -2.16. The van der Waals surface area contributed by atoms with Gasteiger partial charge in [0, 0.05) is 23.9 Å². The molecule has 1 aliphatic rings. The predicted molar refractivity (Wildman–Crippen MR) is 73.2 cm³/mol. The highest BCUT2D eigenvalue weighted by molar-refractivity contribution is 5.96. The molecule has 0 saturated carbocycles. The summed E-state index contributed by atoms with van der Waals surface area (Å²) in [6.07, 6.45) is 7.34. The highest BCUT2D eigenvalue weighted by atomic mass is 16.2. The molecular formula is C15H17N3O. The van der Waals surface area contributed by atoms with E-state index in [1.165, 1.54) is 17.5 Å². The van der Waals surface area contributed by atoms with Crippen LogP contribution in [0.1, 0.15) is 33.6 Å². The number of benzene rings is 1. The second-order valence-corrected chi connectivity index (χ2v) is 4.94. The first-order valence-electron chi connectivity index (χ1n) is 6.67. The van der Waals surface area contributed by atoms with Gasteiger partial charge in [0.1, 0.15) is 6.33 Å². The Bertz CT molecular complexity index is 616. The number of hydrogen-bond acceptors (Lipinski definition) is 3. The van der Waals surface area contributed by atoms with Crippen molar-refractivity contribution in [3.05, 3.63) is 53.1 Å². The minimum Gasteiger partial charge on any atom is -0.330 e. The van der Waals surface area contributed by atoms with Crippen molar-refractivity contribution in [3.63, 3.8) is 0 Å². The molecule has 0 fully saturated rings. The Morgan fingerprint density at radius 2 is 2.16 bits per heavy atom. The third kappa shape index (κ3) is 2.19. The largest absolute Gasteiger partial charge is 0.330 e. The first kappa shape index (κ1) is 12.1. The van der Waals surface area contributed by atoms with Crippen LogP contribution in [0.4, 0.5) is 0 Å². The van der Waals surface area contributed by atoms with Crippen LogP contribution in [0.25, 0.3) is 0 Å². The quantitative estimate of drug-likeness (QED) is 0.905. The first-order valence-corrected chi connectivity index (χ1v) is 6.67. The standard InChI is InChI=1S/C15H17N3O/c16-7-6-14-9-17-10-18(14)15(19)13-5-4-11-2-1-3-12(11)8-13/h4-5,8-10H,1-3,6-7,16H2. The monoisotopic (exact) mass is 255 g/mol. The minimum absolute atomic E-state index is 0.0179. The molecule has 4 nitrogen and oxygen atoms in total. The Labute approximate surface area is 112 Å². The van der Waals surface area contributed by atoms with Crippen LogP contribution in [-0.4, -0.2) is 22.0 Å². The summed E-state index contributed by atoms with van der Waals surface area (Å²) in [7, 11) is 0. The zero-order valence-electron chi connectivity index (χ0n) is 10.8. The summed E-state index contributed by atoms with van der Waals surface area (Å²) in [6, 6.07) is 6.02. The molecule has 1 aliphatic carbocycles. The molecule has 3 rings (SSSR count). The third-order valence-corrected chi connectivity index (χ3v) is 3.68. The summed E-state index contributed by atoms with van der Waals surface area (Å²) in [4.78, 5) is 16.5. The van der Waals surface area contributed by atoms with Crippen LogP contribution >= 0.6 is 0 Å². The van der Waals surface area contributed by atoms with Gasteiger partial charge in [0.05, 0.1) is 0 Å². The summed E-state index contributed by atoms with van der Waals surface area (Å²) in [5.74, 6) is -0.0179. The van der Waals surface area contributed by atoms with Crippen LogP contribution in [0.15, 0.2) is 30.7 Å². The number of aryl methyl sites for hydroxylation is 2. The van der Waals surface area contributed by atoms with Gasteiger partial charge >= 0.3 is 0 Å². The van der Waals surface area contributed by atoms with E-state index < -0.39 is 0 Å². The van der Waals surface area contributed by atoms with Crippen LogP contribution in [0, 0.1) is 0 Å². The predicted octanol–water partition coefficient (Wildman–Crippen LogP) is 1.56. The molecule has 0 spiro atoms. The van der Waals surface area contributed by atoms with E-state index in [0.717, 1.165) is 24.1 Å². The van der Waals surface area contributed by atoms with Crippen LogP contribution in [0.3, 0.4) is 0 Å². The van der Waals surface area contributed by atoms with Gasteiger partial charge in [-0.2, -0.15) is 0 Å². The number of aromatic nitrogens is 2. The third-order valence-electron chi connectivity index (χ3n) is 3.68. The van der Waals surface area contributed by atoms with Gasteiger partial charge in [0.25, 0.3) is 5.91 Å². The Balaban J connectivity index is 1.93. The van der Waals surface area contributed by atoms with E-state index in [1.807, 2.05) is 12.1 Å². The highest BCUT2D eigenvalue weighted by Gasteiger charge is 2.16. The van der Waals surface area contributed by atoms with Crippen LogP contribution in [0.2, 0.25) is 0 Å². The molecule has 0 unspecified atom stereocenters. The molecule has 2 aromatic rings. The van der Waals surface area contributed by atoms with E-state index in [2.05, 4.69) is 11.1 Å². The molecule has 0 aliphatic heterocycles. The van der Waals surface area contributed by atoms with E-state index in [0.29, 0.717) is 13.0 Å². The van der Waals surface area contributed by atoms with Crippen molar-refractivity contribution in [2.45, 2.75) is 25.7 Å². The van der Waals surface area contributed by atoms with E-state index in [9.17, 15) is 4.79 Å². The fraction of sp³-hybridized carbons (Fsp3) is 0.333. The summed E-state index contributed by atoms with van der Waals surface area (Å²) < 4.78 is 1.60. The SMILES string of the molecule is NCCc1cncn1C(=O)c1ccc2c(c1)CCC2. The van der Waals surface area contributed by atoms with Gasteiger partial charge in [-0.1, -0.05) is 6.07 Å². The first-order chi connectivity index (χ1) is 9.29. The number of hydrogen-bond donors (Lipinski definition) is 1. The van der Waals surface area contributed by atoms with Gasteiger partial charge in [0.2, 0.25) is 0 Å². The normalized spacial score (nSPS) is 13.5. The van der Waals surface area contributed by atoms with Crippen molar-refractivity contribution in [3.8, 4) is 0 Å². The lowest BCUT2D eigenvalue weighted by Gasteiger charge is -2.07. The molecule has 0 radical (unpaired) electrons. The minimum atomic E-state index is -0.0179. The van der Waals surface area contributed by atoms with Gasteiger partial charge in [-0.15, -0.1) is 0 Å². The van der Waals surface area contributed by atoms with E-state index in [-0.39, 0.29) is 5.91 Å². The van der Waals surface area contributed by atoms with E-state index >= 15 is 0 Å². The second kappa shape index (κ2) is 4.97. The zero-order chi connectivity index (χ0) is 13.2. The van der Waals surface area contributed by atoms with Gasteiger partial charge in [-0.05, 0) is 49.1 Å². The fourth-order valence-electron chi connectivity index (χ4n) is 2.68. The number of fused-ring (bicyclic) bond motifs is 1. The smallest absolute Gasteiger partial charge is 0.263 e. The lowest BCUT2D eigenvalue weighted by atomic mass is 10.1. The molecule has 1 heterocycles. The molecule has 98 valence electrons. The number of carbonyl (C=O) groups excluding carboxylic acids is 1. The maximum Gasteiger partial charge on any atom is 0.263 e. The Kier molecular flexibility index (Phi) is 3.17. The van der Waals surface area contributed by atoms with Crippen molar-refractivity contribution in [1.29, 1.82) is 0 Å². The topological polar surface area (TPSA) is 60.9 Å². The average Bonchev–Trinajstić information content (AvgIpc) is 3.05. The molecule has 0 bridgehead atoms. The van der Waals surface area contributed by atoms with Crippen molar-refractivity contribution in [2.24, 2.45) is 5.73 Å². The van der Waals surface area contributed by atoms with Crippen molar-refractivity contribution in [1.82, 2.24) is 9.55 Å². The fourth-order valence-corrected chi connectivity index (χ4v) is 2.68. The van der Waals surface area contributed by atoms with Crippen LogP contribution < -0.4 is 5.73 Å². The van der Waals surface area contributed by atoms with Gasteiger partial charge in [-0.25, -0.2) is 4.98 Å². The number of carbonyl (C=O) groups is 1. The maximum atomic E-state index is 12.5. The molecular weight excluding hydrogens is 238 g/mol. The van der Waals surface area contributed by atoms with Crippen molar-refractivity contribution < 1.29 is 4.79 Å². The Morgan fingerprint density at radius 3 is 3.00 bits per heavy atom. The number of rotatable bonds is 3. The average molecular weight is 255 g/mol. The van der Waals surface area contributed by atoms with Gasteiger partial charge in [0.15, 0.2) is 0 Å². The zero-order valence-corrected chi connectivity index (χ0v) is 10.8. The van der Waals surface area contributed by atoms with Crippen LogP contribution in [-0.2, 0) is 19.3 Å². The summed E-state index contributed by atoms with van der Waals surface area (Å²) in [5.41, 5.74) is 9.84. The van der Waals surface area contributed by atoms with Crippen molar-refractivity contribution in [2.75, 3.05) is 6.54 Å². The Hall–Kier alpha value is -1.94. The van der Waals surface area contributed by atoms with E-state index in [1.54, 1.807) is 17.1 Å². The molecule has 19 heavy (non-hydrogen) atoms. The maximum absolute atomic E-state index is 12.5. The summed E-state index contributed by atoms with van der Waals surface area (Å²) >= 11 is 0. The second-order valence-electron chi connectivity index (χ2n) is 4.94. The van der Waals surface area contributed by atoms with Crippen LogP contribution in [0.5, 0.6) is 0 Å². The van der Waals surface area contributed by atoms with E-state index in [4.69, 9.17) is 5.73 Å². The molecule has 2 N–H and O–H groups in total. The molecule has 4 heteroatoms. The molecule has 1 aromatic heterocycles. The van der Waals surface area contributed by atoms with Gasteiger partial charge in [-0.3, -0.25) is 9.36 Å². The number of imidazole rings is 1. The molecule has 0 atom stereocenters. The molecule has 0 saturated heterocycles. The molecule has 0 amide bonds. The molecule has 1 aromatic carbocycles. The van der Waals surface area contributed by atoms with Crippen molar-refractivity contribution >= 4 is 5.91 Å². The number of nitrogens with zero attached hydrogens (tertiary/aromatic N) is 2. The Morgan fingerprint density at radius 1 is 1.32 bits per heavy atom.